The lowest BCUT2D eigenvalue weighted by molar-refractivity contribution is -0.143. The van der Waals surface area contributed by atoms with Crippen LogP contribution >= 0.6 is 11.6 Å². The van der Waals surface area contributed by atoms with Crippen molar-refractivity contribution in [2.75, 3.05) is 7.11 Å². The Labute approximate surface area is 138 Å². The molecule has 0 saturated carbocycles. The molecule has 0 spiro atoms. The number of hydrogen-bond donors (Lipinski definition) is 0. The molecule has 0 saturated heterocycles. The monoisotopic (exact) mass is 330 g/mol. The Kier molecular flexibility index (Phi) is 4.30. The standard InChI is InChI=1S/C17H15ClN2O3/c1-10-14(17(21)22-2)15(11-6-3-4-7-12(11)18)16(20-19-10)13-8-5-9-23-13/h3-9,14-15H,1-2H3. The lowest BCUT2D eigenvalue weighted by Crippen LogP contribution is -2.36. The van der Waals surface area contributed by atoms with Crippen LogP contribution in [0.5, 0.6) is 0 Å². The molecule has 2 atom stereocenters. The van der Waals surface area contributed by atoms with Gasteiger partial charge in [0, 0.05) is 5.02 Å². The van der Waals surface area contributed by atoms with Gasteiger partial charge in [-0.3, -0.25) is 4.79 Å². The fourth-order valence-corrected chi connectivity index (χ4v) is 3.02. The van der Waals surface area contributed by atoms with Crippen molar-refractivity contribution in [2.45, 2.75) is 12.8 Å². The van der Waals surface area contributed by atoms with E-state index in [9.17, 15) is 4.79 Å². The van der Waals surface area contributed by atoms with Gasteiger partial charge >= 0.3 is 5.97 Å². The van der Waals surface area contributed by atoms with E-state index in [1.165, 1.54) is 7.11 Å². The van der Waals surface area contributed by atoms with Crippen LogP contribution in [-0.2, 0) is 9.53 Å². The molecule has 5 nitrogen and oxygen atoms in total. The molecule has 0 N–H and O–H groups in total. The number of methoxy groups -OCH3 is 1. The van der Waals surface area contributed by atoms with E-state index in [0.29, 0.717) is 22.2 Å². The van der Waals surface area contributed by atoms with Gasteiger partial charge in [-0.1, -0.05) is 29.8 Å². The summed E-state index contributed by atoms with van der Waals surface area (Å²) < 4.78 is 10.4. The minimum atomic E-state index is -0.600. The molecular formula is C17H15ClN2O3. The summed E-state index contributed by atoms with van der Waals surface area (Å²) in [6.45, 7) is 1.76. The molecule has 0 aliphatic carbocycles. The van der Waals surface area contributed by atoms with Crippen LogP contribution in [0.3, 0.4) is 0 Å². The lowest BCUT2D eigenvalue weighted by atomic mass is 9.78. The van der Waals surface area contributed by atoms with Gasteiger partial charge in [-0.2, -0.15) is 10.2 Å². The molecule has 0 amide bonds. The largest absolute Gasteiger partial charge is 0.468 e. The zero-order valence-corrected chi connectivity index (χ0v) is 13.4. The summed E-state index contributed by atoms with van der Waals surface area (Å²) >= 11 is 6.37. The van der Waals surface area contributed by atoms with Crippen molar-refractivity contribution in [3.05, 3.63) is 59.0 Å². The predicted octanol–water partition coefficient (Wildman–Crippen LogP) is 3.68. The minimum Gasteiger partial charge on any atom is -0.468 e. The Morgan fingerprint density at radius 2 is 2.00 bits per heavy atom. The Balaban J connectivity index is 2.18. The van der Waals surface area contributed by atoms with Gasteiger partial charge in [-0.05, 0) is 30.7 Å². The normalized spacial score (nSPS) is 20.7. The number of carbonyl (C=O) groups excluding carboxylic acids is 1. The van der Waals surface area contributed by atoms with Gasteiger partial charge in [0.15, 0.2) is 5.76 Å². The Morgan fingerprint density at radius 3 is 2.65 bits per heavy atom. The second-order valence-corrected chi connectivity index (χ2v) is 5.61. The molecule has 1 aliphatic heterocycles. The first-order valence-electron chi connectivity index (χ1n) is 7.11. The molecule has 0 fully saturated rings. The lowest BCUT2D eigenvalue weighted by Gasteiger charge is -2.28. The summed E-state index contributed by atoms with van der Waals surface area (Å²) in [6, 6.07) is 10.9. The van der Waals surface area contributed by atoms with Gasteiger partial charge in [-0.15, -0.1) is 0 Å². The third-order valence-electron chi connectivity index (χ3n) is 3.86. The first-order valence-corrected chi connectivity index (χ1v) is 7.49. The van der Waals surface area contributed by atoms with E-state index in [4.69, 9.17) is 20.8 Å². The maximum Gasteiger partial charge on any atom is 0.315 e. The highest BCUT2D eigenvalue weighted by atomic mass is 35.5. The minimum absolute atomic E-state index is 0.380. The zero-order chi connectivity index (χ0) is 16.4. The van der Waals surface area contributed by atoms with Gasteiger partial charge in [0.25, 0.3) is 0 Å². The summed E-state index contributed by atoms with van der Waals surface area (Å²) in [7, 11) is 1.36. The quantitative estimate of drug-likeness (QED) is 0.806. The second-order valence-electron chi connectivity index (χ2n) is 5.20. The molecule has 2 heterocycles. The van der Waals surface area contributed by atoms with Crippen molar-refractivity contribution >= 4 is 29.0 Å². The summed E-state index contributed by atoms with van der Waals surface area (Å²) in [5.74, 6) is -0.840. The van der Waals surface area contributed by atoms with Gasteiger partial charge in [-0.25, -0.2) is 0 Å². The number of carbonyl (C=O) groups is 1. The molecule has 0 radical (unpaired) electrons. The maximum atomic E-state index is 12.4. The zero-order valence-electron chi connectivity index (χ0n) is 12.7. The first-order chi connectivity index (χ1) is 11.1. The summed E-state index contributed by atoms with van der Waals surface area (Å²) in [5.41, 5.74) is 1.93. The van der Waals surface area contributed by atoms with Crippen molar-refractivity contribution < 1.29 is 13.9 Å². The topological polar surface area (TPSA) is 64.2 Å². The maximum absolute atomic E-state index is 12.4. The SMILES string of the molecule is COC(=O)C1C(C)=NN=C(c2ccco2)C1c1ccccc1Cl. The van der Waals surface area contributed by atoms with Crippen LogP contribution in [0.4, 0.5) is 0 Å². The number of esters is 1. The van der Waals surface area contributed by atoms with E-state index in [-0.39, 0.29) is 5.97 Å². The molecule has 0 bridgehead atoms. The van der Waals surface area contributed by atoms with E-state index in [1.807, 2.05) is 18.2 Å². The highest BCUT2D eigenvalue weighted by molar-refractivity contribution is 6.32. The van der Waals surface area contributed by atoms with Crippen molar-refractivity contribution in [1.82, 2.24) is 0 Å². The van der Waals surface area contributed by atoms with Crippen molar-refractivity contribution in [3.63, 3.8) is 0 Å². The smallest absolute Gasteiger partial charge is 0.315 e. The van der Waals surface area contributed by atoms with E-state index in [1.54, 1.807) is 31.4 Å². The van der Waals surface area contributed by atoms with Crippen molar-refractivity contribution in [2.24, 2.45) is 16.1 Å². The molecule has 6 heteroatoms. The molecule has 1 aromatic carbocycles. The molecule has 1 aliphatic rings. The van der Waals surface area contributed by atoms with Crippen LogP contribution in [0, 0.1) is 5.92 Å². The summed E-state index contributed by atoms with van der Waals surface area (Å²) in [6.07, 6.45) is 1.56. The van der Waals surface area contributed by atoms with E-state index < -0.39 is 11.8 Å². The Morgan fingerprint density at radius 1 is 1.22 bits per heavy atom. The number of nitrogens with zero attached hydrogens (tertiary/aromatic N) is 2. The average Bonchev–Trinajstić information content (AvgIpc) is 3.08. The van der Waals surface area contributed by atoms with Crippen molar-refractivity contribution in [3.8, 4) is 0 Å². The highest BCUT2D eigenvalue weighted by Gasteiger charge is 2.41. The number of benzene rings is 1. The van der Waals surface area contributed by atoms with E-state index >= 15 is 0 Å². The molecule has 3 rings (SSSR count). The third-order valence-corrected chi connectivity index (χ3v) is 4.21. The average molecular weight is 331 g/mol. The van der Waals surface area contributed by atoms with Crippen LogP contribution in [0.1, 0.15) is 24.2 Å². The Bertz CT molecular complexity index is 781. The van der Waals surface area contributed by atoms with Crippen LogP contribution in [-0.4, -0.2) is 24.5 Å². The summed E-state index contributed by atoms with van der Waals surface area (Å²) in [4.78, 5) is 12.4. The number of halogens is 1. The van der Waals surface area contributed by atoms with Crippen LogP contribution in [0.25, 0.3) is 0 Å². The van der Waals surface area contributed by atoms with E-state index in [2.05, 4.69) is 10.2 Å². The number of furan rings is 1. The number of ether oxygens (including phenoxy) is 1. The molecule has 23 heavy (non-hydrogen) atoms. The van der Waals surface area contributed by atoms with E-state index in [0.717, 1.165) is 5.56 Å². The highest BCUT2D eigenvalue weighted by Crippen LogP contribution is 2.37. The molecule has 2 unspecified atom stereocenters. The van der Waals surface area contributed by atoms with Gasteiger partial charge in [0.2, 0.25) is 0 Å². The summed E-state index contributed by atoms with van der Waals surface area (Å²) in [5, 5.41) is 8.94. The van der Waals surface area contributed by atoms with Gasteiger partial charge < -0.3 is 9.15 Å². The number of rotatable bonds is 3. The predicted molar refractivity (Wildman–Crippen MR) is 88.1 cm³/mol. The molecule has 118 valence electrons. The van der Waals surface area contributed by atoms with Crippen molar-refractivity contribution in [1.29, 1.82) is 0 Å². The molecular weight excluding hydrogens is 316 g/mol. The second kappa shape index (κ2) is 6.38. The fraction of sp³-hybridized carbons (Fsp3) is 0.235. The van der Waals surface area contributed by atoms with Crippen LogP contribution in [0.2, 0.25) is 5.02 Å². The van der Waals surface area contributed by atoms with Gasteiger partial charge in [0.1, 0.15) is 11.6 Å². The first kappa shape index (κ1) is 15.5. The fourth-order valence-electron chi connectivity index (χ4n) is 2.77. The van der Waals surface area contributed by atoms with Crippen LogP contribution in [0.15, 0.2) is 57.3 Å². The molecule has 1 aromatic heterocycles. The molecule has 2 aromatic rings. The van der Waals surface area contributed by atoms with Crippen LogP contribution < -0.4 is 0 Å². The van der Waals surface area contributed by atoms with Gasteiger partial charge in [0.05, 0.1) is 25.0 Å². The Hall–Kier alpha value is -2.40. The number of hydrogen-bond acceptors (Lipinski definition) is 5. The third kappa shape index (κ3) is 2.80.